The number of rotatable bonds is 8. The summed E-state index contributed by atoms with van der Waals surface area (Å²) >= 11 is 0. The number of furan rings is 1. The first kappa shape index (κ1) is 27.2. The van der Waals surface area contributed by atoms with E-state index in [1.807, 2.05) is 31.2 Å². The van der Waals surface area contributed by atoms with Crippen LogP contribution < -0.4 is 10.1 Å². The van der Waals surface area contributed by atoms with Crippen molar-refractivity contribution in [1.82, 2.24) is 10.2 Å². The average Bonchev–Trinajstić information content (AvgIpc) is 3.60. The van der Waals surface area contributed by atoms with Crippen molar-refractivity contribution in [3.63, 3.8) is 0 Å². The van der Waals surface area contributed by atoms with E-state index in [0.29, 0.717) is 31.6 Å². The third-order valence-electron chi connectivity index (χ3n) is 8.56. The summed E-state index contributed by atoms with van der Waals surface area (Å²) in [4.78, 5) is 39.7. The lowest BCUT2D eigenvalue weighted by Crippen LogP contribution is -2.68. The zero-order valence-electron chi connectivity index (χ0n) is 23.0. The van der Waals surface area contributed by atoms with Crippen LogP contribution in [-0.2, 0) is 24.5 Å². The van der Waals surface area contributed by atoms with Gasteiger partial charge in [-0.15, -0.1) is 0 Å². The molecule has 2 aromatic rings. The Hall–Kier alpha value is -3.39. The number of hydrogen-bond donors (Lipinski definition) is 1. The van der Waals surface area contributed by atoms with E-state index in [4.69, 9.17) is 13.9 Å². The smallest absolute Gasteiger partial charge is 0.308 e. The van der Waals surface area contributed by atoms with E-state index in [1.165, 1.54) is 32.8 Å². The SMILES string of the molecule is CC(=O)Oc1cccc([C@@]23CCN(CC4CC4)C[C@@]2(OC(C)=O)CC[C@H](NC(=O)/C=C/c2ccoc2C)C3)c1. The Morgan fingerprint density at radius 1 is 1.13 bits per heavy atom. The lowest BCUT2D eigenvalue weighted by atomic mass is 9.55. The number of ether oxygens (including phenoxy) is 2. The van der Waals surface area contributed by atoms with Gasteiger partial charge in [0.1, 0.15) is 17.1 Å². The van der Waals surface area contributed by atoms with Gasteiger partial charge < -0.3 is 19.2 Å². The number of carbonyl (C=O) groups excluding carboxylic acids is 3. The van der Waals surface area contributed by atoms with Crippen LogP contribution in [0.1, 0.15) is 69.3 Å². The van der Waals surface area contributed by atoms with E-state index in [2.05, 4.69) is 10.2 Å². The topological polar surface area (TPSA) is 98.1 Å². The first-order chi connectivity index (χ1) is 18.7. The van der Waals surface area contributed by atoms with Gasteiger partial charge in [-0.2, -0.15) is 0 Å². The molecule has 1 N–H and O–H groups in total. The molecule has 8 nitrogen and oxygen atoms in total. The molecule has 2 saturated carbocycles. The Labute approximate surface area is 229 Å². The molecule has 208 valence electrons. The first-order valence-electron chi connectivity index (χ1n) is 13.9. The number of aryl methyl sites for hydroxylation is 1. The maximum Gasteiger partial charge on any atom is 0.308 e. The van der Waals surface area contributed by atoms with Crippen molar-refractivity contribution in [2.24, 2.45) is 5.92 Å². The van der Waals surface area contributed by atoms with Gasteiger partial charge >= 0.3 is 11.9 Å². The number of fused-ring (bicyclic) bond motifs is 1. The molecule has 3 fully saturated rings. The van der Waals surface area contributed by atoms with Crippen molar-refractivity contribution in [2.75, 3.05) is 19.6 Å². The monoisotopic (exact) mass is 534 g/mol. The molecule has 2 heterocycles. The highest BCUT2D eigenvalue weighted by Gasteiger charge is 2.61. The Morgan fingerprint density at radius 2 is 1.95 bits per heavy atom. The average molecular weight is 535 g/mol. The van der Waals surface area contributed by atoms with Crippen LogP contribution in [0.15, 0.2) is 47.1 Å². The molecule has 2 aliphatic carbocycles. The van der Waals surface area contributed by atoms with Crippen molar-refractivity contribution in [3.05, 3.63) is 59.6 Å². The Morgan fingerprint density at radius 3 is 2.64 bits per heavy atom. The summed E-state index contributed by atoms with van der Waals surface area (Å²) in [5.74, 6) is 1.09. The number of nitrogens with zero attached hydrogens (tertiary/aromatic N) is 1. The Bertz CT molecular complexity index is 1260. The normalized spacial score (nSPS) is 27.1. The van der Waals surface area contributed by atoms with Crippen molar-refractivity contribution < 1.29 is 28.3 Å². The number of nitrogens with one attached hydrogen (secondary N) is 1. The molecule has 1 aromatic heterocycles. The van der Waals surface area contributed by atoms with E-state index in [1.54, 1.807) is 18.4 Å². The van der Waals surface area contributed by atoms with Crippen molar-refractivity contribution >= 4 is 23.9 Å². The van der Waals surface area contributed by atoms with Gasteiger partial charge in [-0.25, -0.2) is 0 Å². The van der Waals surface area contributed by atoms with Crippen LogP contribution in [0.4, 0.5) is 0 Å². The molecule has 0 unspecified atom stereocenters. The van der Waals surface area contributed by atoms with E-state index in [-0.39, 0.29) is 23.9 Å². The molecule has 3 atom stereocenters. The van der Waals surface area contributed by atoms with Gasteiger partial charge in [0.05, 0.1) is 6.26 Å². The number of likely N-dealkylation sites (tertiary alicyclic amines) is 1. The highest BCUT2D eigenvalue weighted by atomic mass is 16.6. The molecule has 5 rings (SSSR count). The van der Waals surface area contributed by atoms with Crippen LogP contribution in [0.5, 0.6) is 5.75 Å². The van der Waals surface area contributed by atoms with Crippen LogP contribution in [0.2, 0.25) is 0 Å². The fourth-order valence-electron chi connectivity index (χ4n) is 6.64. The molecule has 0 radical (unpaired) electrons. The Kier molecular flexibility index (Phi) is 7.67. The molecule has 39 heavy (non-hydrogen) atoms. The summed E-state index contributed by atoms with van der Waals surface area (Å²) in [5, 5.41) is 3.20. The molecule has 8 heteroatoms. The van der Waals surface area contributed by atoms with Gasteiger partial charge in [0.25, 0.3) is 0 Å². The fourth-order valence-corrected chi connectivity index (χ4v) is 6.64. The molecule has 0 bridgehead atoms. The number of piperidine rings is 1. The molecule has 1 amide bonds. The Balaban J connectivity index is 1.46. The molecule has 1 aromatic carbocycles. The second kappa shape index (κ2) is 11.0. The summed E-state index contributed by atoms with van der Waals surface area (Å²) in [6.45, 7) is 7.26. The minimum absolute atomic E-state index is 0.108. The maximum absolute atomic E-state index is 13.0. The molecule has 1 aliphatic heterocycles. The van der Waals surface area contributed by atoms with Gasteiger partial charge in [0.15, 0.2) is 0 Å². The predicted octanol–water partition coefficient (Wildman–Crippen LogP) is 4.55. The van der Waals surface area contributed by atoms with E-state index in [9.17, 15) is 14.4 Å². The van der Waals surface area contributed by atoms with E-state index in [0.717, 1.165) is 42.3 Å². The van der Waals surface area contributed by atoms with Gasteiger partial charge in [-0.1, -0.05) is 12.1 Å². The van der Waals surface area contributed by atoms with Crippen molar-refractivity contribution in [2.45, 2.75) is 76.4 Å². The zero-order chi connectivity index (χ0) is 27.6. The number of carbonyl (C=O) groups is 3. The summed E-state index contributed by atoms with van der Waals surface area (Å²) in [5.41, 5.74) is 0.545. The zero-order valence-corrected chi connectivity index (χ0v) is 23.0. The molecule has 0 spiro atoms. The summed E-state index contributed by atoms with van der Waals surface area (Å²) < 4.78 is 17.1. The summed E-state index contributed by atoms with van der Waals surface area (Å²) in [6, 6.07) is 9.31. The highest BCUT2D eigenvalue weighted by Crippen LogP contribution is 2.54. The van der Waals surface area contributed by atoms with Crippen LogP contribution >= 0.6 is 0 Å². The van der Waals surface area contributed by atoms with E-state index < -0.39 is 11.0 Å². The second-order valence-corrected chi connectivity index (χ2v) is 11.4. The number of amides is 1. The van der Waals surface area contributed by atoms with Crippen LogP contribution in [0.25, 0.3) is 6.08 Å². The lowest BCUT2D eigenvalue weighted by molar-refractivity contribution is -0.187. The summed E-state index contributed by atoms with van der Waals surface area (Å²) in [6.07, 6.45) is 10.1. The van der Waals surface area contributed by atoms with Gasteiger partial charge in [-0.05, 0) is 87.7 Å². The number of benzene rings is 1. The standard InChI is InChI=1S/C31H38N2O6/c1-21-25(12-16-37-21)9-10-29(36)32-27-11-13-31(39-23(3)35)20-33(19-24-7-8-24)15-14-30(31,18-27)26-5-4-6-28(17-26)38-22(2)34/h4-6,9-10,12,16-17,24,27H,7-8,11,13-15,18-20H2,1-3H3,(H,32,36)/b10-9+/t27-,30-,31-/m0/s1. The van der Waals surface area contributed by atoms with Crippen LogP contribution in [0, 0.1) is 12.8 Å². The van der Waals surface area contributed by atoms with Gasteiger partial charge in [-0.3, -0.25) is 19.3 Å². The number of esters is 2. The molecule has 1 saturated heterocycles. The number of hydrogen-bond acceptors (Lipinski definition) is 7. The highest BCUT2D eigenvalue weighted by molar-refractivity contribution is 5.92. The third-order valence-corrected chi connectivity index (χ3v) is 8.56. The van der Waals surface area contributed by atoms with Crippen molar-refractivity contribution in [1.29, 1.82) is 0 Å². The summed E-state index contributed by atoms with van der Waals surface area (Å²) in [7, 11) is 0. The first-order valence-corrected chi connectivity index (χ1v) is 13.9. The van der Waals surface area contributed by atoms with Crippen LogP contribution in [0.3, 0.4) is 0 Å². The molecule has 3 aliphatic rings. The van der Waals surface area contributed by atoms with Crippen molar-refractivity contribution in [3.8, 4) is 5.75 Å². The lowest BCUT2D eigenvalue weighted by Gasteiger charge is -2.59. The minimum Gasteiger partial charge on any atom is -0.469 e. The predicted molar refractivity (Wildman–Crippen MR) is 146 cm³/mol. The minimum atomic E-state index is -0.744. The van der Waals surface area contributed by atoms with Gasteiger partial charge in [0, 0.05) is 50.0 Å². The second-order valence-electron chi connectivity index (χ2n) is 11.4. The maximum atomic E-state index is 13.0. The fraction of sp³-hybridized carbons (Fsp3) is 0.516. The van der Waals surface area contributed by atoms with E-state index >= 15 is 0 Å². The van der Waals surface area contributed by atoms with Gasteiger partial charge in [0.2, 0.25) is 5.91 Å². The quantitative estimate of drug-likeness (QED) is 0.301. The largest absolute Gasteiger partial charge is 0.469 e. The third kappa shape index (κ3) is 5.96. The molecular formula is C31H38N2O6. The molecular weight excluding hydrogens is 496 g/mol. The van der Waals surface area contributed by atoms with Crippen LogP contribution in [-0.4, -0.2) is 54.0 Å².